The zero-order valence-corrected chi connectivity index (χ0v) is 11.1. The number of halogens is 1. The summed E-state index contributed by atoms with van der Waals surface area (Å²) in [7, 11) is 0. The van der Waals surface area contributed by atoms with Crippen LogP contribution in [0.5, 0.6) is 0 Å². The maximum atomic E-state index is 11.9. The van der Waals surface area contributed by atoms with Gasteiger partial charge in [0.15, 0.2) is 11.9 Å². The molecular weight excluding hydrogens is 288 g/mol. The van der Waals surface area contributed by atoms with Crippen LogP contribution in [0.25, 0.3) is 0 Å². The molecule has 0 aliphatic carbocycles. The van der Waals surface area contributed by atoms with Gasteiger partial charge in [0.05, 0.1) is 4.83 Å². The highest BCUT2D eigenvalue weighted by molar-refractivity contribution is 9.10. The number of carboxylic acid groups (broad SMARTS) is 1. The van der Waals surface area contributed by atoms with Crippen molar-refractivity contribution in [2.45, 2.75) is 24.8 Å². The Labute approximate surface area is 107 Å². The maximum absolute atomic E-state index is 11.9. The van der Waals surface area contributed by atoms with Crippen molar-refractivity contribution in [1.82, 2.24) is 0 Å². The van der Waals surface area contributed by atoms with E-state index in [2.05, 4.69) is 15.9 Å². The molecule has 0 saturated carbocycles. The highest BCUT2D eigenvalue weighted by Crippen LogP contribution is 2.25. The SMILES string of the molecule is Cc1cccc(C(=O)C(C)Br)c1C(O)C(=O)O. The second-order valence-electron chi connectivity index (χ2n) is 3.76. The number of carbonyl (C=O) groups excluding carboxylic acids is 1. The molecule has 17 heavy (non-hydrogen) atoms. The Kier molecular flexibility index (Phi) is 4.42. The maximum Gasteiger partial charge on any atom is 0.337 e. The molecule has 0 aromatic heterocycles. The van der Waals surface area contributed by atoms with Gasteiger partial charge in [-0.15, -0.1) is 0 Å². The van der Waals surface area contributed by atoms with Gasteiger partial charge in [-0.2, -0.15) is 0 Å². The number of aliphatic hydroxyl groups excluding tert-OH is 1. The molecule has 2 atom stereocenters. The molecule has 4 nitrogen and oxygen atoms in total. The third kappa shape index (κ3) is 2.92. The lowest BCUT2D eigenvalue weighted by Gasteiger charge is -2.15. The molecule has 0 heterocycles. The number of ketones is 1. The average Bonchev–Trinajstić information content (AvgIpc) is 2.26. The fraction of sp³-hybridized carbons (Fsp3) is 0.333. The van der Waals surface area contributed by atoms with Gasteiger partial charge in [0, 0.05) is 11.1 Å². The molecule has 2 N–H and O–H groups in total. The van der Waals surface area contributed by atoms with E-state index in [-0.39, 0.29) is 16.9 Å². The van der Waals surface area contributed by atoms with E-state index in [4.69, 9.17) is 5.11 Å². The summed E-state index contributed by atoms with van der Waals surface area (Å²) in [5, 5.41) is 18.5. The minimum atomic E-state index is -1.68. The van der Waals surface area contributed by atoms with Crippen molar-refractivity contribution in [2.75, 3.05) is 0 Å². The van der Waals surface area contributed by atoms with Crippen LogP contribution in [-0.2, 0) is 4.79 Å². The van der Waals surface area contributed by atoms with Crippen LogP contribution in [-0.4, -0.2) is 26.8 Å². The summed E-state index contributed by atoms with van der Waals surface area (Å²) < 4.78 is 0. The summed E-state index contributed by atoms with van der Waals surface area (Å²) in [6.07, 6.45) is -1.68. The number of aliphatic hydroxyl groups is 1. The number of Topliss-reactive ketones (excluding diaryl/α,β-unsaturated/α-hetero) is 1. The number of rotatable bonds is 4. The molecule has 1 aromatic rings. The fourth-order valence-electron chi connectivity index (χ4n) is 1.60. The number of benzene rings is 1. The van der Waals surface area contributed by atoms with Crippen molar-refractivity contribution in [2.24, 2.45) is 0 Å². The number of alkyl halides is 1. The van der Waals surface area contributed by atoms with E-state index in [0.29, 0.717) is 5.56 Å². The molecule has 1 rings (SSSR count). The van der Waals surface area contributed by atoms with Crippen LogP contribution < -0.4 is 0 Å². The number of hydrogen-bond donors (Lipinski definition) is 2. The first-order valence-electron chi connectivity index (χ1n) is 5.05. The highest BCUT2D eigenvalue weighted by atomic mass is 79.9. The average molecular weight is 301 g/mol. The molecule has 0 bridgehead atoms. The Bertz CT molecular complexity index is 454. The number of aryl methyl sites for hydroxylation is 1. The Balaban J connectivity index is 3.36. The third-order valence-corrected chi connectivity index (χ3v) is 2.87. The zero-order chi connectivity index (χ0) is 13.2. The van der Waals surface area contributed by atoms with Crippen molar-refractivity contribution in [3.8, 4) is 0 Å². The number of carboxylic acids is 1. The quantitative estimate of drug-likeness (QED) is 0.659. The summed E-state index contributed by atoms with van der Waals surface area (Å²) in [4.78, 5) is 22.3. The lowest BCUT2D eigenvalue weighted by Crippen LogP contribution is -2.19. The van der Waals surface area contributed by atoms with Crippen LogP contribution in [0.1, 0.15) is 34.5 Å². The standard InChI is InChI=1S/C12H13BrO4/c1-6-4-3-5-8(10(14)7(2)13)9(6)11(15)12(16)17/h3-5,7,11,15H,1-2H3,(H,16,17). The van der Waals surface area contributed by atoms with Crippen molar-refractivity contribution >= 4 is 27.7 Å². The third-order valence-electron chi connectivity index (χ3n) is 2.46. The van der Waals surface area contributed by atoms with Gasteiger partial charge >= 0.3 is 5.97 Å². The predicted molar refractivity (Wildman–Crippen MR) is 66.5 cm³/mol. The molecule has 0 saturated heterocycles. The van der Waals surface area contributed by atoms with E-state index in [1.54, 1.807) is 26.0 Å². The fourth-order valence-corrected chi connectivity index (χ4v) is 1.84. The number of hydrogen-bond acceptors (Lipinski definition) is 3. The van der Waals surface area contributed by atoms with Crippen LogP contribution in [0.3, 0.4) is 0 Å². The molecule has 0 fully saturated rings. The van der Waals surface area contributed by atoms with E-state index < -0.39 is 16.9 Å². The molecule has 0 amide bonds. The van der Waals surface area contributed by atoms with Gasteiger partial charge in [0.2, 0.25) is 0 Å². The summed E-state index contributed by atoms with van der Waals surface area (Å²) in [6, 6.07) is 4.85. The summed E-state index contributed by atoms with van der Waals surface area (Å²) >= 11 is 3.14. The lowest BCUT2D eigenvalue weighted by atomic mass is 9.94. The number of carbonyl (C=O) groups is 2. The molecule has 0 radical (unpaired) electrons. The van der Waals surface area contributed by atoms with Crippen molar-refractivity contribution in [1.29, 1.82) is 0 Å². The summed E-state index contributed by atoms with van der Waals surface area (Å²) in [5.74, 6) is -1.61. The Hall–Kier alpha value is -1.20. The molecule has 92 valence electrons. The van der Waals surface area contributed by atoms with Crippen LogP contribution >= 0.6 is 15.9 Å². The minimum Gasteiger partial charge on any atom is -0.479 e. The Morgan fingerprint density at radius 3 is 2.41 bits per heavy atom. The summed E-state index contributed by atoms with van der Waals surface area (Å²) in [5.41, 5.74) is 0.986. The summed E-state index contributed by atoms with van der Waals surface area (Å²) in [6.45, 7) is 3.32. The topological polar surface area (TPSA) is 74.6 Å². The molecule has 2 unspecified atom stereocenters. The van der Waals surface area contributed by atoms with Gasteiger partial charge in [-0.25, -0.2) is 4.79 Å². The first-order chi connectivity index (χ1) is 7.86. The van der Waals surface area contributed by atoms with Gasteiger partial charge in [-0.3, -0.25) is 4.79 Å². The molecular formula is C12H13BrO4. The number of aliphatic carboxylic acids is 1. The first kappa shape index (κ1) is 13.9. The normalized spacial score (nSPS) is 14.1. The Morgan fingerprint density at radius 1 is 1.35 bits per heavy atom. The molecule has 0 aliphatic heterocycles. The Morgan fingerprint density at radius 2 is 1.94 bits per heavy atom. The smallest absolute Gasteiger partial charge is 0.337 e. The van der Waals surface area contributed by atoms with E-state index in [1.807, 2.05) is 0 Å². The van der Waals surface area contributed by atoms with Crippen LogP contribution in [0.2, 0.25) is 0 Å². The van der Waals surface area contributed by atoms with Crippen molar-refractivity contribution in [3.05, 3.63) is 34.9 Å². The molecule has 0 aliphatic rings. The lowest BCUT2D eigenvalue weighted by molar-refractivity contribution is -0.147. The van der Waals surface area contributed by atoms with E-state index in [1.165, 1.54) is 6.07 Å². The van der Waals surface area contributed by atoms with Gasteiger partial charge in [0.1, 0.15) is 0 Å². The van der Waals surface area contributed by atoms with Crippen LogP contribution in [0.15, 0.2) is 18.2 Å². The monoisotopic (exact) mass is 300 g/mol. The molecule has 5 heteroatoms. The van der Waals surface area contributed by atoms with Crippen LogP contribution in [0.4, 0.5) is 0 Å². The largest absolute Gasteiger partial charge is 0.479 e. The van der Waals surface area contributed by atoms with Gasteiger partial charge in [0.25, 0.3) is 0 Å². The first-order valence-corrected chi connectivity index (χ1v) is 5.96. The predicted octanol–water partition coefficient (Wildman–Crippen LogP) is 2.08. The van der Waals surface area contributed by atoms with Gasteiger partial charge in [-0.05, 0) is 19.4 Å². The van der Waals surface area contributed by atoms with Crippen LogP contribution in [0, 0.1) is 6.92 Å². The van der Waals surface area contributed by atoms with Gasteiger partial charge < -0.3 is 10.2 Å². The highest BCUT2D eigenvalue weighted by Gasteiger charge is 2.25. The second kappa shape index (κ2) is 5.42. The minimum absolute atomic E-state index is 0.163. The molecule has 1 aromatic carbocycles. The van der Waals surface area contributed by atoms with E-state index >= 15 is 0 Å². The molecule has 0 spiro atoms. The van der Waals surface area contributed by atoms with E-state index in [0.717, 1.165) is 0 Å². The van der Waals surface area contributed by atoms with Crippen molar-refractivity contribution < 1.29 is 19.8 Å². The van der Waals surface area contributed by atoms with Crippen molar-refractivity contribution in [3.63, 3.8) is 0 Å². The van der Waals surface area contributed by atoms with Gasteiger partial charge in [-0.1, -0.05) is 34.1 Å². The second-order valence-corrected chi connectivity index (χ2v) is 5.13. The zero-order valence-electron chi connectivity index (χ0n) is 9.48. The van der Waals surface area contributed by atoms with E-state index in [9.17, 15) is 14.7 Å².